The molecule has 11 heteroatoms. The number of halogens is 2. The molecule has 0 spiro atoms. The van der Waals surface area contributed by atoms with Crippen LogP contribution in [0.4, 0.5) is 13.6 Å². The number of nitrogens with zero attached hydrogens (tertiary/aromatic N) is 2. The second-order valence-electron chi connectivity index (χ2n) is 5.98. The van der Waals surface area contributed by atoms with Crippen LogP contribution in [0.1, 0.15) is 5.56 Å². The molecule has 1 fully saturated rings. The van der Waals surface area contributed by atoms with E-state index < -0.39 is 24.6 Å². The monoisotopic (exact) mass is 428 g/mol. The van der Waals surface area contributed by atoms with Crippen LogP contribution in [-0.2, 0) is 15.3 Å². The van der Waals surface area contributed by atoms with E-state index in [0.717, 1.165) is 0 Å². The first-order valence-corrected chi connectivity index (χ1v) is 10.0. The lowest BCUT2D eigenvalue weighted by atomic mass is 10.2. The summed E-state index contributed by atoms with van der Waals surface area (Å²) in [6, 6.07) is 6.92. The zero-order valence-corrected chi connectivity index (χ0v) is 16.4. The van der Waals surface area contributed by atoms with Gasteiger partial charge >= 0.3 is 12.6 Å². The molecule has 158 valence electrons. The number of urea groups is 1. The Bertz CT molecular complexity index is 726. The van der Waals surface area contributed by atoms with Crippen molar-refractivity contribution in [3.8, 4) is 11.8 Å². The molecule has 2 N–H and O–H groups in total. The third kappa shape index (κ3) is 7.75. The van der Waals surface area contributed by atoms with Gasteiger partial charge in [0.1, 0.15) is 18.3 Å². The smallest absolute Gasteiger partial charge is 0.387 e. The molecule has 1 atom stereocenters. The van der Waals surface area contributed by atoms with Gasteiger partial charge in [-0.1, -0.05) is 18.2 Å². The van der Waals surface area contributed by atoms with Gasteiger partial charge in [0, 0.05) is 30.2 Å². The predicted molar refractivity (Wildman–Crippen MR) is 103 cm³/mol. The summed E-state index contributed by atoms with van der Waals surface area (Å²) in [4.78, 5) is 26.3. The van der Waals surface area contributed by atoms with Gasteiger partial charge in [0.05, 0.1) is 19.3 Å². The molecule has 8 nitrogen and oxygen atoms in total. The number of carbonyl (C=O) groups is 2. The van der Waals surface area contributed by atoms with Gasteiger partial charge in [-0.3, -0.25) is 4.79 Å². The number of thioether (sulfide) groups is 1. The van der Waals surface area contributed by atoms with Crippen molar-refractivity contribution in [2.75, 3.05) is 38.6 Å². The molecule has 1 aliphatic rings. The van der Waals surface area contributed by atoms with Crippen molar-refractivity contribution in [3.63, 3.8) is 0 Å². The highest BCUT2D eigenvalue weighted by atomic mass is 32.2. The topological polar surface area (TPSA) is 104 Å². The number of ether oxygens (including phenoxy) is 2. The highest BCUT2D eigenvalue weighted by molar-refractivity contribution is 7.98. The lowest BCUT2D eigenvalue weighted by Gasteiger charge is -2.29. The van der Waals surface area contributed by atoms with Crippen LogP contribution in [0.3, 0.4) is 0 Å². The number of hydrogen-bond acceptors (Lipinski definition) is 6. The van der Waals surface area contributed by atoms with Crippen LogP contribution >= 0.6 is 11.8 Å². The lowest BCUT2D eigenvalue weighted by Crippen LogP contribution is -2.54. The molecular formula is C18H22F2N4O4S. The summed E-state index contributed by atoms with van der Waals surface area (Å²) in [6.45, 7) is -1.42. The van der Waals surface area contributed by atoms with E-state index in [9.17, 15) is 18.4 Å². The summed E-state index contributed by atoms with van der Waals surface area (Å²) >= 11 is 1.28. The molecular weight excluding hydrogens is 406 g/mol. The fourth-order valence-corrected chi connectivity index (χ4v) is 3.61. The normalized spacial score (nSPS) is 14.8. The van der Waals surface area contributed by atoms with Gasteiger partial charge in [-0.05, 0) is 6.07 Å². The van der Waals surface area contributed by atoms with Crippen LogP contribution in [0.15, 0.2) is 24.3 Å². The van der Waals surface area contributed by atoms with Crippen LogP contribution in [0.25, 0.3) is 0 Å². The predicted octanol–water partition coefficient (Wildman–Crippen LogP) is 1.57. The van der Waals surface area contributed by atoms with E-state index in [1.807, 2.05) is 6.07 Å². The molecule has 1 aromatic rings. The zero-order valence-electron chi connectivity index (χ0n) is 15.6. The summed E-state index contributed by atoms with van der Waals surface area (Å²) in [5.41, 5.74) is 0.550. The highest BCUT2D eigenvalue weighted by Crippen LogP contribution is 2.25. The standard InChI is InChI=1S/C18H22F2N4O4S/c19-17(20)28-15-4-2-1-3-13(15)11-29-12-14(16(25)22-6-5-21)23-18(26)24-7-9-27-10-8-24/h1-4,14,17H,6-12H2,(H,22,25)(H,23,26)/t14-/m0/s1. The maximum atomic E-state index is 12.5. The first-order chi connectivity index (χ1) is 14.0. The largest absolute Gasteiger partial charge is 0.435 e. The molecule has 0 aliphatic carbocycles. The number of carbonyl (C=O) groups excluding carboxylic acids is 2. The van der Waals surface area contributed by atoms with Gasteiger partial charge in [-0.15, -0.1) is 0 Å². The summed E-state index contributed by atoms with van der Waals surface area (Å²) in [5.74, 6) is 0.0740. The van der Waals surface area contributed by atoms with Crippen LogP contribution in [0.5, 0.6) is 5.75 Å². The molecule has 1 heterocycles. The van der Waals surface area contributed by atoms with Crippen LogP contribution in [-0.4, -0.2) is 68.1 Å². The molecule has 1 aromatic carbocycles. The average Bonchev–Trinajstić information content (AvgIpc) is 2.72. The molecule has 0 radical (unpaired) electrons. The quantitative estimate of drug-likeness (QED) is 0.579. The van der Waals surface area contributed by atoms with E-state index in [-0.39, 0.29) is 18.0 Å². The van der Waals surface area contributed by atoms with Crippen molar-refractivity contribution in [1.82, 2.24) is 15.5 Å². The van der Waals surface area contributed by atoms with Crippen molar-refractivity contribution < 1.29 is 27.8 Å². The molecule has 3 amide bonds. The van der Waals surface area contributed by atoms with E-state index in [2.05, 4.69) is 15.4 Å². The number of morpholine rings is 1. The van der Waals surface area contributed by atoms with E-state index >= 15 is 0 Å². The van der Waals surface area contributed by atoms with Crippen LogP contribution in [0, 0.1) is 11.3 Å². The summed E-state index contributed by atoms with van der Waals surface area (Å²) in [7, 11) is 0. The maximum absolute atomic E-state index is 12.5. The van der Waals surface area contributed by atoms with Crippen LogP contribution in [0.2, 0.25) is 0 Å². The third-order valence-corrected chi connectivity index (χ3v) is 5.07. The number of hydrogen-bond donors (Lipinski definition) is 2. The van der Waals surface area contributed by atoms with Crippen molar-refractivity contribution in [1.29, 1.82) is 5.26 Å². The molecule has 0 aromatic heterocycles. The first kappa shape index (κ1) is 22.7. The summed E-state index contributed by atoms with van der Waals surface area (Å²) in [5, 5.41) is 13.8. The van der Waals surface area contributed by atoms with Crippen molar-refractivity contribution in [2.45, 2.75) is 18.4 Å². The summed E-state index contributed by atoms with van der Waals surface area (Å²) in [6.07, 6.45) is 0. The Hall–Kier alpha value is -2.58. The Labute approximate surface area is 171 Å². The Morgan fingerprint density at radius 3 is 2.72 bits per heavy atom. The number of nitriles is 1. The molecule has 1 aliphatic heterocycles. The number of amides is 3. The third-order valence-electron chi connectivity index (χ3n) is 3.98. The van der Waals surface area contributed by atoms with Crippen molar-refractivity contribution in [2.24, 2.45) is 0 Å². The SMILES string of the molecule is N#CCNC(=O)[C@H](CSCc1ccccc1OC(F)F)NC(=O)N1CCOCC1. The van der Waals surface area contributed by atoms with Gasteiger partial charge in [-0.25, -0.2) is 4.79 Å². The molecule has 29 heavy (non-hydrogen) atoms. The summed E-state index contributed by atoms with van der Waals surface area (Å²) < 4.78 is 34.8. The van der Waals surface area contributed by atoms with Crippen molar-refractivity contribution in [3.05, 3.63) is 29.8 Å². The second-order valence-corrected chi connectivity index (χ2v) is 7.01. The molecule has 1 saturated heterocycles. The Morgan fingerprint density at radius 1 is 1.31 bits per heavy atom. The van der Waals surface area contributed by atoms with E-state index in [1.165, 1.54) is 17.8 Å². The Morgan fingerprint density at radius 2 is 2.03 bits per heavy atom. The van der Waals surface area contributed by atoms with Gasteiger partial charge < -0.3 is 25.0 Å². The Balaban J connectivity index is 1.96. The number of rotatable bonds is 9. The number of alkyl halides is 2. The van der Waals surface area contributed by atoms with Gasteiger partial charge in [0.25, 0.3) is 0 Å². The minimum absolute atomic E-state index is 0.0674. The molecule has 2 rings (SSSR count). The zero-order chi connectivity index (χ0) is 21.1. The van der Waals surface area contributed by atoms with Gasteiger partial charge in [0.2, 0.25) is 5.91 Å². The number of benzene rings is 1. The molecule has 0 bridgehead atoms. The Kier molecular flexibility index (Phi) is 9.46. The maximum Gasteiger partial charge on any atom is 0.387 e. The molecule has 0 unspecified atom stereocenters. The molecule has 0 saturated carbocycles. The first-order valence-electron chi connectivity index (χ1n) is 8.89. The second kappa shape index (κ2) is 12.1. The van der Waals surface area contributed by atoms with E-state index in [1.54, 1.807) is 23.1 Å². The minimum Gasteiger partial charge on any atom is -0.435 e. The van der Waals surface area contributed by atoms with E-state index in [0.29, 0.717) is 37.6 Å². The fraction of sp³-hybridized carbons (Fsp3) is 0.500. The lowest BCUT2D eigenvalue weighted by molar-refractivity contribution is -0.122. The van der Waals surface area contributed by atoms with Gasteiger partial charge in [0.15, 0.2) is 0 Å². The van der Waals surface area contributed by atoms with Gasteiger partial charge in [-0.2, -0.15) is 25.8 Å². The average molecular weight is 428 g/mol. The minimum atomic E-state index is -2.93. The number of para-hydroxylation sites is 1. The van der Waals surface area contributed by atoms with Crippen molar-refractivity contribution >= 4 is 23.7 Å². The number of nitrogens with one attached hydrogen (secondary N) is 2. The highest BCUT2D eigenvalue weighted by Gasteiger charge is 2.25. The fourth-order valence-electron chi connectivity index (χ4n) is 2.56. The van der Waals surface area contributed by atoms with Crippen LogP contribution < -0.4 is 15.4 Å². The van der Waals surface area contributed by atoms with E-state index in [4.69, 9.17) is 10.00 Å².